The highest BCUT2D eigenvalue weighted by Gasteiger charge is 2.30. The summed E-state index contributed by atoms with van der Waals surface area (Å²) in [6.45, 7) is 3.53. The van der Waals surface area contributed by atoms with Crippen LogP contribution in [-0.2, 0) is 9.53 Å². The summed E-state index contributed by atoms with van der Waals surface area (Å²) in [5.41, 5.74) is -1.34. The van der Waals surface area contributed by atoms with Crippen molar-refractivity contribution < 1.29 is 14.6 Å². The lowest BCUT2D eigenvalue weighted by molar-refractivity contribution is -0.158. The molecule has 0 bridgehead atoms. The summed E-state index contributed by atoms with van der Waals surface area (Å²) in [5, 5.41) is 9.51. The summed E-state index contributed by atoms with van der Waals surface area (Å²) >= 11 is 1.55. The van der Waals surface area contributed by atoms with Gasteiger partial charge in [0.2, 0.25) is 0 Å². The zero-order valence-corrected chi connectivity index (χ0v) is 8.61. The predicted molar refractivity (Wildman–Crippen MR) is 50.3 cm³/mol. The highest BCUT2D eigenvalue weighted by Crippen LogP contribution is 2.14. The molecule has 0 aliphatic carbocycles. The minimum Gasteiger partial charge on any atom is -0.467 e. The van der Waals surface area contributed by atoms with Crippen LogP contribution in [0, 0.1) is 0 Å². The quantitative estimate of drug-likeness (QED) is 0.522. The molecule has 0 aromatic carbocycles. The van der Waals surface area contributed by atoms with Crippen molar-refractivity contribution in [3.63, 3.8) is 0 Å². The maximum Gasteiger partial charge on any atom is 0.338 e. The Balaban J connectivity index is 3.78. The number of ether oxygens (including phenoxy) is 1. The van der Waals surface area contributed by atoms with E-state index in [9.17, 15) is 9.90 Å². The molecule has 0 amide bonds. The third-order valence-corrected chi connectivity index (χ3v) is 2.82. The van der Waals surface area contributed by atoms with Gasteiger partial charge in [0.15, 0.2) is 5.60 Å². The highest BCUT2D eigenvalue weighted by atomic mass is 32.2. The van der Waals surface area contributed by atoms with Crippen molar-refractivity contribution in [1.29, 1.82) is 0 Å². The Kier molecular flexibility index (Phi) is 5.33. The topological polar surface area (TPSA) is 46.5 Å². The lowest BCUT2D eigenvalue weighted by Crippen LogP contribution is -2.38. The van der Waals surface area contributed by atoms with E-state index in [0.717, 1.165) is 12.2 Å². The summed E-state index contributed by atoms with van der Waals surface area (Å²) < 4.78 is 4.44. The number of carbonyl (C=O) groups is 1. The molecule has 0 saturated heterocycles. The summed E-state index contributed by atoms with van der Waals surface area (Å²) in [4.78, 5) is 10.9. The van der Waals surface area contributed by atoms with Crippen LogP contribution < -0.4 is 0 Å². The molecule has 1 atom stereocenters. The van der Waals surface area contributed by atoms with E-state index in [-0.39, 0.29) is 0 Å². The van der Waals surface area contributed by atoms with E-state index in [2.05, 4.69) is 11.7 Å². The lowest BCUT2D eigenvalue weighted by atomic mass is 10.1. The molecular weight excluding hydrogens is 176 g/mol. The molecule has 0 aliphatic rings. The second-order valence-electron chi connectivity index (χ2n) is 2.82. The third-order valence-electron chi connectivity index (χ3n) is 1.36. The summed E-state index contributed by atoms with van der Waals surface area (Å²) in [7, 11) is 1.28. The number of aliphatic hydroxyl groups is 1. The number of hydrogen-bond acceptors (Lipinski definition) is 4. The first-order chi connectivity index (χ1) is 5.54. The molecule has 4 heteroatoms. The Morgan fingerprint density at radius 3 is 2.67 bits per heavy atom. The molecule has 0 saturated carbocycles. The molecule has 0 aromatic heterocycles. The van der Waals surface area contributed by atoms with Gasteiger partial charge in [-0.05, 0) is 19.1 Å². The second kappa shape index (κ2) is 5.43. The van der Waals surface area contributed by atoms with Gasteiger partial charge in [0.25, 0.3) is 0 Å². The zero-order valence-electron chi connectivity index (χ0n) is 7.79. The number of methoxy groups -OCH3 is 1. The molecular formula is C8H16O3S. The van der Waals surface area contributed by atoms with E-state index in [1.54, 1.807) is 11.8 Å². The average molecular weight is 192 g/mol. The van der Waals surface area contributed by atoms with Gasteiger partial charge >= 0.3 is 5.97 Å². The molecule has 0 heterocycles. The zero-order chi connectivity index (χ0) is 9.61. The fourth-order valence-electron chi connectivity index (χ4n) is 0.694. The van der Waals surface area contributed by atoms with Crippen molar-refractivity contribution in [2.24, 2.45) is 0 Å². The molecule has 0 radical (unpaired) electrons. The van der Waals surface area contributed by atoms with Crippen molar-refractivity contribution in [1.82, 2.24) is 0 Å². The van der Waals surface area contributed by atoms with Crippen LogP contribution in [0.4, 0.5) is 0 Å². The van der Waals surface area contributed by atoms with Gasteiger partial charge in [-0.1, -0.05) is 6.92 Å². The predicted octanol–water partition coefficient (Wildman–Crippen LogP) is 1.05. The Hall–Kier alpha value is -0.220. The van der Waals surface area contributed by atoms with Gasteiger partial charge in [-0.2, -0.15) is 11.8 Å². The van der Waals surface area contributed by atoms with E-state index in [1.165, 1.54) is 14.0 Å². The number of carbonyl (C=O) groups excluding carboxylic acids is 1. The maximum atomic E-state index is 10.9. The van der Waals surface area contributed by atoms with Crippen molar-refractivity contribution in [2.75, 3.05) is 18.6 Å². The van der Waals surface area contributed by atoms with Crippen LogP contribution in [0.25, 0.3) is 0 Å². The van der Waals surface area contributed by atoms with Crippen molar-refractivity contribution in [3.8, 4) is 0 Å². The van der Waals surface area contributed by atoms with Crippen LogP contribution >= 0.6 is 11.8 Å². The Bertz CT molecular complexity index is 145. The molecule has 0 rings (SSSR count). The molecule has 72 valence electrons. The Morgan fingerprint density at radius 1 is 1.67 bits per heavy atom. The fraction of sp³-hybridized carbons (Fsp3) is 0.875. The van der Waals surface area contributed by atoms with Gasteiger partial charge in [0.05, 0.1) is 7.11 Å². The van der Waals surface area contributed by atoms with E-state index in [4.69, 9.17) is 0 Å². The molecule has 0 aromatic rings. The Morgan fingerprint density at radius 2 is 2.25 bits per heavy atom. The smallest absolute Gasteiger partial charge is 0.338 e. The molecule has 12 heavy (non-hydrogen) atoms. The molecule has 0 fully saturated rings. The van der Waals surface area contributed by atoms with Crippen LogP contribution in [0.1, 0.15) is 20.3 Å². The van der Waals surface area contributed by atoms with E-state index in [1.807, 2.05) is 0 Å². The first-order valence-corrected chi connectivity index (χ1v) is 5.08. The van der Waals surface area contributed by atoms with Crippen LogP contribution in [-0.4, -0.2) is 35.3 Å². The van der Waals surface area contributed by atoms with E-state index < -0.39 is 11.6 Å². The van der Waals surface area contributed by atoms with Crippen LogP contribution in [0.3, 0.4) is 0 Å². The van der Waals surface area contributed by atoms with Gasteiger partial charge in [0, 0.05) is 5.75 Å². The van der Waals surface area contributed by atoms with Crippen molar-refractivity contribution in [3.05, 3.63) is 0 Å². The summed E-state index contributed by atoms with van der Waals surface area (Å²) in [6.07, 6.45) is 1.04. The van der Waals surface area contributed by atoms with E-state index >= 15 is 0 Å². The van der Waals surface area contributed by atoms with Crippen molar-refractivity contribution >= 4 is 17.7 Å². The van der Waals surface area contributed by atoms with Crippen LogP contribution in [0.5, 0.6) is 0 Å². The normalized spacial score (nSPS) is 15.3. The fourth-order valence-corrected chi connectivity index (χ4v) is 1.64. The van der Waals surface area contributed by atoms with Crippen molar-refractivity contribution in [2.45, 2.75) is 25.9 Å². The highest BCUT2D eigenvalue weighted by molar-refractivity contribution is 7.99. The van der Waals surface area contributed by atoms with Gasteiger partial charge in [-0.15, -0.1) is 0 Å². The minimum atomic E-state index is -1.34. The number of thioether (sulfide) groups is 1. The van der Waals surface area contributed by atoms with Gasteiger partial charge < -0.3 is 9.84 Å². The lowest BCUT2D eigenvalue weighted by Gasteiger charge is -2.19. The molecule has 3 nitrogen and oxygen atoms in total. The van der Waals surface area contributed by atoms with Crippen LogP contribution in [0.15, 0.2) is 0 Å². The monoisotopic (exact) mass is 192 g/mol. The summed E-state index contributed by atoms with van der Waals surface area (Å²) in [5.74, 6) is 0.784. The SMILES string of the molecule is CCCSCC(C)(O)C(=O)OC. The summed E-state index contributed by atoms with van der Waals surface area (Å²) in [6, 6.07) is 0. The third kappa shape index (κ3) is 3.97. The van der Waals surface area contributed by atoms with Gasteiger partial charge in [0.1, 0.15) is 0 Å². The van der Waals surface area contributed by atoms with E-state index in [0.29, 0.717) is 5.75 Å². The minimum absolute atomic E-state index is 0.396. The second-order valence-corrected chi connectivity index (χ2v) is 3.92. The first-order valence-electron chi connectivity index (χ1n) is 3.93. The average Bonchev–Trinajstić information content (AvgIpc) is 2.03. The largest absolute Gasteiger partial charge is 0.467 e. The molecule has 0 aliphatic heterocycles. The standard InChI is InChI=1S/C8H16O3S/c1-4-5-12-6-8(2,10)7(9)11-3/h10H,4-6H2,1-3H3. The Labute approximate surface area is 77.5 Å². The van der Waals surface area contributed by atoms with Gasteiger partial charge in [-0.25, -0.2) is 4.79 Å². The molecule has 1 unspecified atom stereocenters. The number of rotatable bonds is 5. The number of esters is 1. The number of hydrogen-bond donors (Lipinski definition) is 1. The first kappa shape index (κ1) is 11.8. The van der Waals surface area contributed by atoms with Crippen LogP contribution in [0.2, 0.25) is 0 Å². The molecule has 0 spiro atoms. The molecule has 1 N–H and O–H groups in total. The van der Waals surface area contributed by atoms with Gasteiger partial charge in [-0.3, -0.25) is 0 Å². The maximum absolute atomic E-state index is 10.9.